The minimum absolute atomic E-state index is 0.234. The van der Waals surface area contributed by atoms with Crippen LogP contribution in [0.4, 0.5) is 0 Å². The number of rotatable bonds is 3. The summed E-state index contributed by atoms with van der Waals surface area (Å²) in [7, 11) is 1.40. The van der Waals surface area contributed by atoms with Crippen LogP contribution in [0.5, 0.6) is 5.75 Å². The summed E-state index contributed by atoms with van der Waals surface area (Å²) in [5.74, 6) is -2.18. The average molecular weight is 210 g/mol. The maximum Gasteiger partial charge on any atom is 0.336 e. The Hall–Kier alpha value is -2.04. The van der Waals surface area contributed by atoms with E-state index in [9.17, 15) is 9.59 Å². The number of benzene rings is 1. The predicted octanol–water partition coefficient (Wildman–Crippen LogP) is 1.40. The number of ether oxygens (including phenoxy) is 1. The molecule has 0 heterocycles. The molecule has 0 aliphatic carbocycles. The van der Waals surface area contributed by atoms with Gasteiger partial charge in [0.15, 0.2) is 0 Å². The van der Waals surface area contributed by atoms with Gasteiger partial charge in [-0.15, -0.1) is 0 Å². The van der Waals surface area contributed by atoms with Gasteiger partial charge in [-0.05, 0) is 19.1 Å². The van der Waals surface area contributed by atoms with E-state index < -0.39 is 11.9 Å². The van der Waals surface area contributed by atoms with Gasteiger partial charge in [-0.2, -0.15) is 0 Å². The zero-order valence-corrected chi connectivity index (χ0v) is 8.27. The molecule has 0 atom stereocenters. The SMILES string of the molecule is COc1ccc(C(=O)O)c(C(=O)O)c1C. The minimum atomic E-state index is -1.27. The van der Waals surface area contributed by atoms with E-state index in [0.717, 1.165) is 0 Å². The molecule has 2 N–H and O–H groups in total. The standard InChI is InChI=1S/C10H10O5/c1-5-7(15-2)4-3-6(9(11)12)8(5)10(13)14/h3-4H,1-2H3,(H,11,12)(H,13,14). The van der Waals surface area contributed by atoms with Crippen molar-refractivity contribution in [3.05, 3.63) is 28.8 Å². The van der Waals surface area contributed by atoms with Crippen molar-refractivity contribution in [2.45, 2.75) is 6.92 Å². The lowest BCUT2D eigenvalue weighted by molar-refractivity contribution is 0.0650. The van der Waals surface area contributed by atoms with Crippen LogP contribution in [0.25, 0.3) is 0 Å². The molecule has 0 saturated heterocycles. The molecule has 0 unspecified atom stereocenters. The number of carbonyl (C=O) groups is 2. The lowest BCUT2D eigenvalue weighted by atomic mass is 10.0. The molecule has 80 valence electrons. The van der Waals surface area contributed by atoms with E-state index in [1.165, 1.54) is 26.2 Å². The summed E-state index contributed by atoms with van der Waals surface area (Å²) >= 11 is 0. The fraction of sp³-hybridized carbons (Fsp3) is 0.200. The van der Waals surface area contributed by atoms with E-state index in [1.54, 1.807) is 0 Å². The van der Waals surface area contributed by atoms with Gasteiger partial charge in [0, 0.05) is 5.56 Å². The Labute approximate surface area is 85.9 Å². The molecule has 15 heavy (non-hydrogen) atoms. The summed E-state index contributed by atoms with van der Waals surface area (Å²) in [5.41, 5.74) is -0.160. The first-order chi connectivity index (χ1) is 6.99. The first-order valence-electron chi connectivity index (χ1n) is 4.13. The Balaban J connectivity index is 3.51. The largest absolute Gasteiger partial charge is 0.496 e. The number of carboxylic acid groups (broad SMARTS) is 2. The molecule has 0 amide bonds. The Morgan fingerprint density at radius 2 is 1.80 bits per heavy atom. The fourth-order valence-corrected chi connectivity index (χ4v) is 1.37. The highest BCUT2D eigenvalue weighted by Crippen LogP contribution is 2.24. The zero-order chi connectivity index (χ0) is 11.6. The molecular weight excluding hydrogens is 200 g/mol. The van der Waals surface area contributed by atoms with Crippen molar-refractivity contribution >= 4 is 11.9 Å². The Bertz CT molecular complexity index is 422. The molecule has 0 aliphatic heterocycles. The van der Waals surface area contributed by atoms with Gasteiger partial charge >= 0.3 is 11.9 Å². The van der Waals surface area contributed by atoms with E-state index in [1.807, 2.05) is 0 Å². The van der Waals surface area contributed by atoms with Crippen molar-refractivity contribution in [1.82, 2.24) is 0 Å². The third-order valence-electron chi connectivity index (χ3n) is 2.08. The van der Waals surface area contributed by atoms with Crippen molar-refractivity contribution in [3.8, 4) is 5.75 Å². The first kappa shape index (κ1) is 11.0. The summed E-state index contributed by atoms with van der Waals surface area (Å²) in [6.45, 7) is 1.51. The number of hydrogen-bond acceptors (Lipinski definition) is 3. The number of methoxy groups -OCH3 is 1. The molecule has 0 saturated carbocycles. The highest BCUT2D eigenvalue weighted by molar-refractivity contribution is 6.03. The monoisotopic (exact) mass is 210 g/mol. The van der Waals surface area contributed by atoms with Gasteiger partial charge in [0.2, 0.25) is 0 Å². The quantitative estimate of drug-likeness (QED) is 0.787. The van der Waals surface area contributed by atoms with Crippen molar-refractivity contribution in [2.75, 3.05) is 7.11 Å². The van der Waals surface area contributed by atoms with Gasteiger partial charge in [-0.25, -0.2) is 9.59 Å². The maximum absolute atomic E-state index is 10.9. The molecule has 0 aliphatic rings. The first-order valence-corrected chi connectivity index (χ1v) is 4.13. The molecule has 5 heteroatoms. The Morgan fingerprint density at radius 1 is 1.20 bits per heavy atom. The molecule has 0 radical (unpaired) electrons. The Kier molecular flexibility index (Phi) is 2.94. The van der Waals surface area contributed by atoms with Crippen LogP contribution in [-0.2, 0) is 0 Å². The van der Waals surface area contributed by atoms with E-state index in [0.29, 0.717) is 11.3 Å². The predicted molar refractivity (Wildman–Crippen MR) is 51.6 cm³/mol. The summed E-state index contributed by atoms with van der Waals surface area (Å²) in [5, 5.41) is 17.7. The van der Waals surface area contributed by atoms with Gasteiger partial charge in [-0.3, -0.25) is 0 Å². The van der Waals surface area contributed by atoms with Crippen LogP contribution in [0, 0.1) is 6.92 Å². The van der Waals surface area contributed by atoms with Gasteiger partial charge in [0.25, 0.3) is 0 Å². The second kappa shape index (κ2) is 4.00. The molecule has 5 nitrogen and oxygen atoms in total. The highest BCUT2D eigenvalue weighted by atomic mass is 16.5. The van der Waals surface area contributed by atoms with Crippen LogP contribution in [0.1, 0.15) is 26.3 Å². The third-order valence-corrected chi connectivity index (χ3v) is 2.08. The summed E-state index contributed by atoms with van der Waals surface area (Å²) in [4.78, 5) is 21.7. The third kappa shape index (κ3) is 1.90. The van der Waals surface area contributed by atoms with E-state index in [2.05, 4.69) is 0 Å². The molecular formula is C10H10O5. The number of hydrogen-bond donors (Lipinski definition) is 2. The van der Waals surface area contributed by atoms with Crippen LogP contribution < -0.4 is 4.74 Å². The normalized spacial score (nSPS) is 9.73. The topological polar surface area (TPSA) is 83.8 Å². The van der Waals surface area contributed by atoms with Crippen molar-refractivity contribution in [2.24, 2.45) is 0 Å². The molecule has 0 fully saturated rings. The number of carboxylic acids is 2. The highest BCUT2D eigenvalue weighted by Gasteiger charge is 2.20. The van der Waals surface area contributed by atoms with Crippen molar-refractivity contribution < 1.29 is 24.5 Å². The lowest BCUT2D eigenvalue weighted by Crippen LogP contribution is -2.10. The summed E-state index contributed by atoms with van der Waals surface area (Å²) in [6.07, 6.45) is 0. The van der Waals surface area contributed by atoms with Crippen LogP contribution in [0.15, 0.2) is 12.1 Å². The Morgan fingerprint density at radius 3 is 2.20 bits per heavy atom. The van der Waals surface area contributed by atoms with Gasteiger partial charge in [0.1, 0.15) is 5.75 Å². The molecule has 1 aromatic rings. The average Bonchev–Trinajstić information content (AvgIpc) is 2.16. The zero-order valence-electron chi connectivity index (χ0n) is 8.27. The second-order valence-corrected chi connectivity index (χ2v) is 2.93. The number of aromatic carboxylic acids is 2. The van der Waals surface area contributed by atoms with Gasteiger partial charge in [0.05, 0.1) is 18.2 Å². The van der Waals surface area contributed by atoms with Crippen LogP contribution in [0.3, 0.4) is 0 Å². The fourth-order valence-electron chi connectivity index (χ4n) is 1.37. The van der Waals surface area contributed by atoms with Crippen molar-refractivity contribution in [3.63, 3.8) is 0 Å². The van der Waals surface area contributed by atoms with E-state index in [4.69, 9.17) is 14.9 Å². The maximum atomic E-state index is 10.9. The second-order valence-electron chi connectivity index (χ2n) is 2.93. The molecule has 0 bridgehead atoms. The van der Waals surface area contributed by atoms with E-state index in [-0.39, 0.29) is 11.1 Å². The van der Waals surface area contributed by atoms with Crippen LogP contribution >= 0.6 is 0 Å². The van der Waals surface area contributed by atoms with Gasteiger partial charge in [-0.1, -0.05) is 0 Å². The van der Waals surface area contributed by atoms with E-state index >= 15 is 0 Å². The van der Waals surface area contributed by atoms with Gasteiger partial charge < -0.3 is 14.9 Å². The van der Waals surface area contributed by atoms with Crippen LogP contribution in [-0.4, -0.2) is 29.3 Å². The lowest BCUT2D eigenvalue weighted by Gasteiger charge is -2.09. The molecule has 0 aromatic heterocycles. The molecule has 1 aromatic carbocycles. The van der Waals surface area contributed by atoms with Crippen molar-refractivity contribution in [1.29, 1.82) is 0 Å². The molecule has 0 spiro atoms. The summed E-state index contributed by atoms with van der Waals surface area (Å²) in [6, 6.07) is 2.66. The van der Waals surface area contributed by atoms with Crippen LogP contribution in [0.2, 0.25) is 0 Å². The smallest absolute Gasteiger partial charge is 0.336 e. The minimum Gasteiger partial charge on any atom is -0.496 e. The summed E-state index contributed by atoms with van der Waals surface area (Å²) < 4.78 is 4.91. The molecule has 1 rings (SSSR count).